The SMILES string of the molecule is CC(C)CC1=N[C@H](NC(=O)OC(C)(C)C)C(=O)N(CC(=O)N2CC3CCC(CC3)C2)c2ccccc21. The van der Waals surface area contributed by atoms with Crippen LogP contribution in [0.15, 0.2) is 29.3 Å². The summed E-state index contributed by atoms with van der Waals surface area (Å²) in [5, 5.41) is 2.66. The molecule has 8 heteroatoms. The molecule has 196 valence electrons. The van der Waals surface area contributed by atoms with E-state index in [1.165, 1.54) is 30.6 Å². The van der Waals surface area contributed by atoms with Crippen molar-refractivity contribution >= 4 is 29.3 Å². The fourth-order valence-electron chi connectivity index (χ4n) is 5.46. The second kappa shape index (κ2) is 10.6. The van der Waals surface area contributed by atoms with Crippen molar-refractivity contribution in [2.45, 2.75) is 78.5 Å². The van der Waals surface area contributed by atoms with Gasteiger partial charge in [0.1, 0.15) is 12.1 Å². The Hall–Kier alpha value is -2.90. The summed E-state index contributed by atoms with van der Waals surface area (Å²) in [5.41, 5.74) is 1.49. The number of carbonyl (C=O) groups is 3. The van der Waals surface area contributed by atoms with E-state index < -0.39 is 23.8 Å². The Kier molecular flexibility index (Phi) is 7.71. The van der Waals surface area contributed by atoms with E-state index in [-0.39, 0.29) is 18.4 Å². The number of ether oxygens (including phenoxy) is 1. The van der Waals surface area contributed by atoms with Crippen LogP contribution in [0, 0.1) is 17.8 Å². The number of anilines is 1. The molecule has 1 aromatic rings. The molecule has 3 fully saturated rings. The number of para-hydroxylation sites is 1. The van der Waals surface area contributed by atoms with E-state index >= 15 is 0 Å². The normalized spacial score (nSPS) is 24.1. The first-order chi connectivity index (χ1) is 17.0. The molecule has 3 heterocycles. The van der Waals surface area contributed by atoms with Crippen molar-refractivity contribution in [3.63, 3.8) is 0 Å². The highest BCUT2D eigenvalue weighted by Gasteiger charge is 2.37. The number of benzene rings is 1. The average molecular weight is 497 g/mol. The number of nitrogens with zero attached hydrogens (tertiary/aromatic N) is 3. The minimum Gasteiger partial charge on any atom is -0.444 e. The van der Waals surface area contributed by atoms with Crippen LogP contribution >= 0.6 is 0 Å². The Morgan fingerprint density at radius 1 is 1.08 bits per heavy atom. The Morgan fingerprint density at radius 2 is 1.69 bits per heavy atom. The number of amides is 3. The lowest BCUT2D eigenvalue weighted by atomic mass is 9.84. The smallest absolute Gasteiger partial charge is 0.409 e. The van der Waals surface area contributed by atoms with Crippen LogP contribution in [0.3, 0.4) is 0 Å². The number of rotatable bonds is 5. The van der Waals surface area contributed by atoms with Crippen molar-refractivity contribution < 1.29 is 19.1 Å². The summed E-state index contributed by atoms with van der Waals surface area (Å²) in [7, 11) is 0. The van der Waals surface area contributed by atoms with Gasteiger partial charge in [-0.05, 0) is 76.7 Å². The van der Waals surface area contributed by atoms with E-state index in [2.05, 4.69) is 19.2 Å². The molecule has 2 bridgehead atoms. The summed E-state index contributed by atoms with van der Waals surface area (Å²) in [6.45, 7) is 10.9. The number of nitrogens with one attached hydrogen (secondary N) is 1. The minimum absolute atomic E-state index is 0.0553. The van der Waals surface area contributed by atoms with Crippen LogP contribution in [0.5, 0.6) is 0 Å². The summed E-state index contributed by atoms with van der Waals surface area (Å²) in [4.78, 5) is 48.2. The number of carbonyl (C=O) groups excluding carboxylic acids is 3. The fraction of sp³-hybridized carbons (Fsp3) is 0.643. The average Bonchev–Trinajstić information content (AvgIpc) is 3.17. The molecule has 0 spiro atoms. The third kappa shape index (κ3) is 6.26. The maximum atomic E-state index is 13.8. The molecule has 4 aliphatic rings. The highest BCUT2D eigenvalue weighted by molar-refractivity contribution is 6.14. The Labute approximate surface area is 214 Å². The van der Waals surface area contributed by atoms with Gasteiger partial charge in [-0.1, -0.05) is 32.0 Å². The van der Waals surface area contributed by atoms with Gasteiger partial charge < -0.3 is 9.64 Å². The molecule has 8 nitrogen and oxygen atoms in total. The molecule has 0 aromatic heterocycles. The van der Waals surface area contributed by atoms with Gasteiger partial charge in [-0.25, -0.2) is 4.79 Å². The van der Waals surface area contributed by atoms with Crippen LogP contribution in [0.1, 0.15) is 72.3 Å². The zero-order chi connectivity index (χ0) is 26.0. The molecule has 1 saturated carbocycles. The highest BCUT2D eigenvalue weighted by atomic mass is 16.6. The van der Waals surface area contributed by atoms with Gasteiger partial charge in [0.05, 0.1) is 5.69 Å². The first-order valence-electron chi connectivity index (χ1n) is 13.2. The van der Waals surface area contributed by atoms with Crippen molar-refractivity contribution in [1.82, 2.24) is 10.2 Å². The molecule has 5 rings (SSSR count). The quantitative estimate of drug-likeness (QED) is 0.655. The first-order valence-corrected chi connectivity index (χ1v) is 13.2. The molecule has 1 aliphatic carbocycles. The maximum Gasteiger partial charge on any atom is 0.409 e. The lowest BCUT2D eigenvalue weighted by Gasteiger charge is -2.29. The summed E-state index contributed by atoms with van der Waals surface area (Å²) in [5.74, 6) is 0.887. The van der Waals surface area contributed by atoms with E-state index in [0.717, 1.165) is 24.4 Å². The predicted octanol–water partition coefficient (Wildman–Crippen LogP) is 4.37. The predicted molar refractivity (Wildman–Crippen MR) is 140 cm³/mol. The molecular weight excluding hydrogens is 456 g/mol. The lowest BCUT2D eigenvalue weighted by molar-refractivity contribution is -0.132. The Morgan fingerprint density at radius 3 is 2.28 bits per heavy atom. The summed E-state index contributed by atoms with van der Waals surface area (Å²) < 4.78 is 5.41. The molecule has 3 aliphatic heterocycles. The summed E-state index contributed by atoms with van der Waals surface area (Å²) in [6, 6.07) is 7.57. The molecular formula is C28H40N4O4. The van der Waals surface area contributed by atoms with Gasteiger partial charge in [0.25, 0.3) is 5.91 Å². The first kappa shape index (κ1) is 26.2. The zero-order valence-corrected chi connectivity index (χ0v) is 22.3. The monoisotopic (exact) mass is 496 g/mol. The number of alkyl carbamates (subject to hydrolysis) is 1. The minimum atomic E-state index is -1.17. The molecule has 0 unspecified atom stereocenters. The number of hydrogen-bond donors (Lipinski definition) is 1. The van der Waals surface area contributed by atoms with Gasteiger partial charge in [-0.3, -0.25) is 24.8 Å². The fourth-order valence-corrected chi connectivity index (χ4v) is 5.46. The molecule has 2 saturated heterocycles. The van der Waals surface area contributed by atoms with E-state index in [1.807, 2.05) is 29.2 Å². The van der Waals surface area contributed by atoms with Crippen LogP contribution in [0.4, 0.5) is 10.5 Å². The van der Waals surface area contributed by atoms with Gasteiger partial charge in [0, 0.05) is 24.4 Å². The Bertz CT molecular complexity index is 1010. The van der Waals surface area contributed by atoms with Gasteiger partial charge in [-0.15, -0.1) is 0 Å². The number of fused-ring (bicyclic) bond motifs is 5. The van der Waals surface area contributed by atoms with Crippen molar-refractivity contribution in [1.29, 1.82) is 0 Å². The molecule has 1 aromatic carbocycles. The second-order valence-electron chi connectivity index (χ2n) is 11.8. The van der Waals surface area contributed by atoms with E-state index in [4.69, 9.17) is 9.73 Å². The third-order valence-electron chi connectivity index (χ3n) is 7.12. The van der Waals surface area contributed by atoms with E-state index in [0.29, 0.717) is 23.9 Å². The molecule has 36 heavy (non-hydrogen) atoms. The molecule has 3 amide bonds. The number of aliphatic imine (C=N–C) groups is 1. The van der Waals surface area contributed by atoms with Crippen molar-refractivity contribution in [2.24, 2.45) is 22.7 Å². The summed E-state index contributed by atoms with van der Waals surface area (Å²) in [6.07, 6.45) is 3.45. The second-order valence-corrected chi connectivity index (χ2v) is 11.8. The van der Waals surface area contributed by atoms with Gasteiger partial charge >= 0.3 is 6.09 Å². The van der Waals surface area contributed by atoms with Crippen molar-refractivity contribution in [3.8, 4) is 0 Å². The number of benzodiazepines with no additional fused rings is 1. The van der Waals surface area contributed by atoms with E-state index in [1.54, 1.807) is 20.8 Å². The van der Waals surface area contributed by atoms with Gasteiger partial charge in [-0.2, -0.15) is 0 Å². The zero-order valence-electron chi connectivity index (χ0n) is 22.3. The molecule has 1 N–H and O–H groups in total. The maximum absolute atomic E-state index is 13.8. The Balaban J connectivity index is 1.64. The van der Waals surface area contributed by atoms with E-state index in [9.17, 15) is 14.4 Å². The van der Waals surface area contributed by atoms with Crippen LogP contribution in [-0.4, -0.2) is 59.9 Å². The van der Waals surface area contributed by atoms with Crippen LogP contribution in [0.25, 0.3) is 0 Å². The third-order valence-corrected chi connectivity index (χ3v) is 7.12. The van der Waals surface area contributed by atoms with Crippen LogP contribution < -0.4 is 10.2 Å². The summed E-state index contributed by atoms with van der Waals surface area (Å²) >= 11 is 0. The largest absolute Gasteiger partial charge is 0.444 e. The highest BCUT2D eigenvalue weighted by Crippen LogP contribution is 2.34. The standard InChI is InChI=1S/C28H40N4O4/c1-18(2)14-22-21-8-6-7-9-23(21)32(26(34)25(29-22)30-27(35)36-28(3,4)5)17-24(33)31-15-19-10-11-20(16-31)13-12-19/h6-9,18-20,25H,10-17H2,1-5H3,(H,30,35)/t19?,20?,25-/m1/s1. The van der Waals surface area contributed by atoms with Crippen molar-refractivity contribution in [2.75, 3.05) is 24.5 Å². The topological polar surface area (TPSA) is 91.3 Å². The molecule has 0 radical (unpaired) electrons. The van der Waals surface area contributed by atoms with Crippen LogP contribution in [-0.2, 0) is 14.3 Å². The lowest BCUT2D eigenvalue weighted by Crippen LogP contribution is -2.51. The van der Waals surface area contributed by atoms with Crippen LogP contribution in [0.2, 0.25) is 0 Å². The van der Waals surface area contributed by atoms with Gasteiger partial charge in [0.15, 0.2) is 0 Å². The van der Waals surface area contributed by atoms with Gasteiger partial charge in [0.2, 0.25) is 12.1 Å². The molecule has 1 atom stereocenters. The number of hydrogen-bond acceptors (Lipinski definition) is 5. The van der Waals surface area contributed by atoms with Crippen molar-refractivity contribution in [3.05, 3.63) is 29.8 Å².